The molecular weight excluding hydrogens is 604 g/mol. The van der Waals surface area contributed by atoms with E-state index >= 15 is 0 Å². The van der Waals surface area contributed by atoms with E-state index in [2.05, 4.69) is 25.7 Å². The van der Waals surface area contributed by atoms with Crippen LogP contribution in [0.15, 0.2) is 18.2 Å². The summed E-state index contributed by atoms with van der Waals surface area (Å²) in [6, 6.07) is 4.81. The summed E-state index contributed by atoms with van der Waals surface area (Å²) in [4.78, 5) is 49.4. The average molecular weight is 643 g/mol. The van der Waals surface area contributed by atoms with Crippen LogP contribution in [-0.2, 0) is 33.2 Å². The van der Waals surface area contributed by atoms with Crippen molar-refractivity contribution in [3.05, 3.63) is 39.6 Å². The van der Waals surface area contributed by atoms with Crippen LogP contribution >= 0.6 is 11.3 Å². The van der Waals surface area contributed by atoms with Crippen molar-refractivity contribution >= 4 is 50.8 Å². The van der Waals surface area contributed by atoms with E-state index in [4.69, 9.17) is 29.4 Å². The molecule has 0 unspecified atom stereocenters. The number of aromatic nitrogens is 1. The zero-order valence-electron chi connectivity index (χ0n) is 24.6. The minimum atomic E-state index is -0.833. The van der Waals surface area contributed by atoms with Crippen LogP contribution in [0.4, 0.5) is 26.3 Å². The summed E-state index contributed by atoms with van der Waals surface area (Å²) in [6.07, 6.45) is -0.833. The first-order valence-electron chi connectivity index (χ1n) is 13.6. The summed E-state index contributed by atoms with van der Waals surface area (Å²) in [6.45, 7) is 7.23. The zero-order chi connectivity index (χ0) is 32.2. The predicted octanol–water partition coefficient (Wildman–Crippen LogP) is 2.16. The van der Waals surface area contributed by atoms with Crippen molar-refractivity contribution < 1.29 is 47.7 Å². The van der Waals surface area contributed by atoms with Gasteiger partial charge in [-0.2, -0.15) is 0 Å². The highest BCUT2D eigenvalue weighted by molar-refractivity contribution is 7.19. The lowest BCUT2D eigenvalue weighted by Crippen LogP contribution is -2.18. The van der Waals surface area contributed by atoms with Crippen LogP contribution in [0.2, 0.25) is 0 Å². The molecule has 1 heterocycles. The van der Waals surface area contributed by atoms with Gasteiger partial charge in [0.25, 0.3) is 5.91 Å². The highest BCUT2D eigenvalue weighted by Gasteiger charge is 2.21. The van der Waals surface area contributed by atoms with Gasteiger partial charge in [-0.25, -0.2) is 9.78 Å². The Morgan fingerprint density at radius 2 is 1.43 bits per heavy atom. The summed E-state index contributed by atoms with van der Waals surface area (Å²) < 4.78 is 31.5. The molecule has 0 fully saturated rings. The van der Waals surface area contributed by atoms with Gasteiger partial charge in [-0.3, -0.25) is 25.0 Å². The molecule has 1 aromatic heterocycles. The number of primary amides is 1. The van der Waals surface area contributed by atoms with Gasteiger partial charge in [0.2, 0.25) is 5.91 Å². The summed E-state index contributed by atoms with van der Waals surface area (Å²) in [5, 5.41) is 19.3. The van der Waals surface area contributed by atoms with E-state index in [-0.39, 0.29) is 46.2 Å². The molecule has 5 N–H and O–H groups in total. The fourth-order valence-corrected chi connectivity index (χ4v) is 4.15. The van der Waals surface area contributed by atoms with Crippen molar-refractivity contribution in [2.45, 2.75) is 13.8 Å². The number of nitrogens with one attached hydrogen (secondary N) is 3. The number of nitrogens with zero attached hydrogens (tertiary/aromatic N) is 2. The van der Waals surface area contributed by atoms with Crippen molar-refractivity contribution in [1.29, 1.82) is 0 Å². The lowest BCUT2D eigenvalue weighted by molar-refractivity contribution is -0.380. The second kappa shape index (κ2) is 20.9. The Bertz CT molecular complexity index is 1210. The van der Waals surface area contributed by atoms with Gasteiger partial charge in [-0.1, -0.05) is 0 Å². The quantitative estimate of drug-likeness (QED) is 0.0775. The maximum atomic E-state index is 12.8. The van der Waals surface area contributed by atoms with Gasteiger partial charge in [-0.15, -0.1) is 0 Å². The number of nitrogens with two attached hydrogens (primary N) is 1. The summed E-state index contributed by atoms with van der Waals surface area (Å²) in [5.74, 6) is -0.939. The maximum absolute atomic E-state index is 12.8. The highest BCUT2D eigenvalue weighted by Crippen LogP contribution is 2.30. The molecule has 2 rings (SSSR count). The van der Waals surface area contributed by atoms with Crippen molar-refractivity contribution in [2.75, 3.05) is 95.2 Å². The predicted molar refractivity (Wildman–Crippen MR) is 160 cm³/mol. The first kappa shape index (κ1) is 36.3. The number of aryl methyl sites for hydroxylation is 1. The number of amides is 3. The number of hydrogen-bond donors (Lipinski definition) is 4. The smallest absolute Gasteiger partial charge is 0.404 e. The molecule has 0 saturated heterocycles. The number of benzene rings is 1. The third kappa shape index (κ3) is 15.0. The maximum Gasteiger partial charge on any atom is 0.404 e. The lowest BCUT2D eigenvalue weighted by Gasteiger charge is -2.13. The van der Waals surface area contributed by atoms with E-state index in [0.717, 1.165) is 11.3 Å². The van der Waals surface area contributed by atoms with E-state index in [9.17, 15) is 24.5 Å². The molecular formula is C26H38N6O11S. The second-order valence-electron chi connectivity index (χ2n) is 8.72. The number of carbonyl (C=O) groups is 3. The van der Waals surface area contributed by atoms with E-state index < -0.39 is 16.9 Å². The molecule has 0 atom stereocenters. The molecule has 244 valence electrons. The minimum absolute atomic E-state index is 0.0832. The normalized spacial score (nSPS) is 10.8. The van der Waals surface area contributed by atoms with E-state index in [1.807, 2.05) is 0 Å². The van der Waals surface area contributed by atoms with E-state index in [0.29, 0.717) is 71.7 Å². The van der Waals surface area contributed by atoms with Gasteiger partial charge >= 0.3 is 11.1 Å². The van der Waals surface area contributed by atoms with Crippen LogP contribution in [0, 0.1) is 17.0 Å². The van der Waals surface area contributed by atoms with Crippen LogP contribution in [0.1, 0.15) is 23.0 Å². The van der Waals surface area contributed by atoms with Crippen LogP contribution in [0.3, 0.4) is 0 Å². The van der Waals surface area contributed by atoms with Crippen LogP contribution in [-0.4, -0.2) is 107 Å². The molecule has 0 spiro atoms. The topological polar surface area (TPSA) is 225 Å². The Morgan fingerprint density at radius 1 is 0.886 bits per heavy atom. The van der Waals surface area contributed by atoms with E-state index in [1.54, 1.807) is 12.1 Å². The Labute approximate surface area is 257 Å². The second-order valence-corrected chi connectivity index (χ2v) is 9.70. The Morgan fingerprint density at radius 3 is 1.93 bits per heavy atom. The van der Waals surface area contributed by atoms with Gasteiger partial charge in [-0.05, 0) is 36.5 Å². The fraction of sp³-hybridized carbons (Fsp3) is 0.538. The van der Waals surface area contributed by atoms with Gasteiger partial charge < -0.3 is 44.8 Å². The Hall–Kier alpha value is -3.94. The molecule has 18 heteroatoms. The van der Waals surface area contributed by atoms with E-state index in [1.165, 1.54) is 19.9 Å². The molecule has 0 aliphatic carbocycles. The van der Waals surface area contributed by atoms with Crippen LogP contribution in [0.5, 0.6) is 0 Å². The molecule has 44 heavy (non-hydrogen) atoms. The molecule has 2 aromatic rings. The molecule has 0 radical (unpaired) electrons. The van der Waals surface area contributed by atoms with Crippen LogP contribution in [0.25, 0.3) is 0 Å². The average Bonchev–Trinajstić information content (AvgIpc) is 3.33. The molecule has 3 amide bonds. The SMILES string of the molecule is CC(=O)Nc1cc(NCCOCCOCCOCCOCCOCCOC(N)=O)ccc1C(=O)Nc1nc(C)c([N+](=O)[O-])s1. The number of anilines is 3. The summed E-state index contributed by atoms with van der Waals surface area (Å²) in [5.41, 5.74) is 6.11. The standard InChI is InChI=1S/C26H38N6O11S/c1-18-24(32(36)37)44-26(29-18)31-23(34)21-4-3-20(17-22(21)30-19(2)33)28-5-6-38-7-8-39-9-10-40-11-12-41-13-14-42-15-16-43-25(27)35/h3-4,17,28H,5-16H2,1-2H3,(H2,27,35)(H,30,33)(H,29,31,34). The molecule has 0 saturated carbocycles. The number of nitro groups is 1. The summed E-state index contributed by atoms with van der Waals surface area (Å²) >= 11 is 0.753. The monoisotopic (exact) mass is 642 g/mol. The first-order chi connectivity index (χ1) is 21.2. The van der Waals surface area contributed by atoms with Gasteiger partial charge in [0, 0.05) is 19.2 Å². The minimum Gasteiger partial charge on any atom is -0.447 e. The fourth-order valence-electron chi connectivity index (χ4n) is 3.37. The van der Waals surface area contributed by atoms with Gasteiger partial charge in [0.05, 0.1) is 82.2 Å². The number of rotatable bonds is 23. The Kier molecular flexibility index (Phi) is 17.2. The van der Waals surface area contributed by atoms with Crippen molar-refractivity contribution in [1.82, 2.24) is 4.98 Å². The number of carbonyl (C=O) groups excluding carboxylic acids is 3. The van der Waals surface area contributed by atoms with Crippen LogP contribution < -0.4 is 21.7 Å². The van der Waals surface area contributed by atoms with Crippen molar-refractivity contribution in [3.8, 4) is 0 Å². The third-order valence-corrected chi connectivity index (χ3v) is 6.29. The zero-order valence-corrected chi connectivity index (χ0v) is 25.4. The molecule has 0 aliphatic heterocycles. The highest BCUT2D eigenvalue weighted by atomic mass is 32.1. The number of hydrogen-bond acceptors (Lipinski definition) is 14. The molecule has 17 nitrogen and oxygen atoms in total. The van der Waals surface area contributed by atoms with Gasteiger partial charge in [0.1, 0.15) is 12.3 Å². The van der Waals surface area contributed by atoms with Crippen molar-refractivity contribution in [3.63, 3.8) is 0 Å². The molecule has 0 aliphatic rings. The first-order valence-corrected chi connectivity index (χ1v) is 14.4. The number of thiazole rings is 1. The van der Waals surface area contributed by atoms with Gasteiger partial charge in [0.15, 0.2) is 5.13 Å². The van der Waals surface area contributed by atoms with Crippen molar-refractivity contribution in [2.24, 2.45) is 5.73 Å². The lowest BCUT2D eigenvalue weighted by atomic mass is 10.1. The number of ether oxygens (including phenoxy) is 6. The molecule has 1 aromatic carbocycles. The largest absolute Gasteiger partial charge is 0.447 e. The molecule has 0 bridgehead atoms. The summed E-state index contributed by atoms with van der Waals surface area (Å²) in [7, 11) is 0. The third-order valence-electron chi connectivity index (χ3n) is 5.27. The Balaban J connectivity index is 1.56.